The highest BCUT2D eigenvalue weighted by Crippen LogP contribution is 2.15. The van der Waals surface area contributed by atoms with Gasteiger partial charge in [0, 0.05) is 19.6 Å². The third-order valence-corrected chi connectivity index (χ3v) is 2.73. The Labute approximate surface area is 126 Å². The van der Waals surface area contributed by atoms with Gasteiger partial charge in [-0.1, -0.05) is 13.8 Å². The predicted molar refractivity (Wildman–Crippen MR) is 82.5 cm³/mol. The standard InChI is InChI=1S/C14H24N6O/c1-4-9-16-12-17-13(20(6-3)10-7-8-15)19-14(18-12)21-11-5-2/h4-7,9-11H2,1-3H3,(H,16,17,18,19). The molecule has 0 saturated heterocycles. The molecule has 116 valence electrons. The van der Waals surface area contributed by atoms with Crippen molar-refractivity contribution in [1.82, 2.24) is 15.0 Å². The number of aromatic nitrogens is 3. The smallest absolute Gasteiger partial charge is 0.323 e. The molecule has 21 heavy (non-hydrogen) atoms. The lowest BCUT2D eigenvalue weighted by Gasteiger charge is -2.20. The van der Waals surface area contributed by atoms with E-state index < -0.39 is 0 Å². The first-order chi connectivity index (χ1) is 10.2. The molecule has 0 aliphatic heterocycles. The maximum atomic E-state index is 8.73. The van der Waals surface area contributed by atoms with Gasteiger partial charge in [0.1, 0.15) is 0 Å². The van der Waals surface area contributed by atoms with Gasteiger partial charge in [-0.3, -0.25) is 0 Å². The molecule has 0 radical (unpaired) electrons. The summed E-state index contributed by atoms with van der Waals surface area (Å²) in [6, 6.07) is 2.47. The molecule has 0 saturated carbocycles. The zero-order valence-corrected chi connectivity index (χ0v) is 13.1. The number of nitriles is 1. The van der Waals surface area contributed by atoms with Crippen LogP contribution in [0.15, 0.2) is 0 Å². The number of nitrogens with one attached hydrogen (secondary N) is 1. The second kappa shape index (κ2) is 9.75. The van der Waals surface area contributed by atoms with E-state index in [1.54, 1.807) is 0 Å². The molecular weight excluding hydrogens is 268 g/mol. The second-order valence-electron chi connectivity index (χ2n) is 4.50. The average molecular weight is 292 g/mol. The SMILES string of the molecule is CCCNc1nc(OCCC)nc(N(CC)CCC#N)n1. The summed E-state index contributed by atoms with van der Waals surface area (Å²) in [6.07, 6.45) is 2.31. The molecule has 0 amide bonds. The first-order valence-corrected chi connectivity index (χ1v) is 7.49. The Balaban J connectivity index is 2.95. The van der Waals surface area contributed by atoms with Crippen LogP contribution in [0.4, 0.5) is 11.9 Å². The summed E-state index contributed by atoms with van der Waals surface area (Å²) in [7, 11) is 0. The molecule has 1 heterocycles. The fraction of sp³-hybridized carbons (Fsp3) is 0.714. The average Bonchev–Trinajstić information content (AvgIpc) is 2.51. The molecule has 0 aliphatic carbocycles. The van der Waals surface area contributed by atoms with E-state index in [1.165, 1.54) is 0 Å². The molecule has 1 aromatic rings. The fourth-order valence-corrected chi connectivity index (χ4v) is 1.65. The lowest BCUT2D eigenvalue weighted by Crippen LogP contribution is -2.26. The predicted octanol–water partition coefficient (Wildman–Crippen LogP) is 2.22. The number of nitrogens with zero attached hydrogens (tertiary/aromatic N) is 5. The second-order valence-corrected chi connectivity index (χ2v) is 4.50. The normalized spacial score (nSPS) is 10.0. The minimum absolute atomic E-state index is 0.330. The molecule has 0 aliphatic rings. The highest BCUT2D eigenvalue weighted by atomic mass is 16.5. The maximum absolute atomic E-state index is 8.73. The van der Waals surface area contributed by atoms with Crippen LogP contribution < -0.4 is 15.0 Å². The highest BCUT2D eigenvalue weighted by molar-refractivity contribution is 5.38. The van der Waals surface area contributed by atoms with E-state index in [9.17, 15) is 0 Å². The minimum Gasteiger partial charge on any atom is -0.463 e. The number of anilines is 2. The Morgan fingerprint density at radius 2 is 2.00 bits per heavy atom. The Morgan fingerprint density at radius 3 is 2.62 bits per heavy atom. The van der Waals surface area contributed by atoms with Crippen LogP contribution in [-0.4, -0.2) is 41.2 Å². The van der Waals surface area contributed by atoms with Gasteiger partial charge in [0.2, 0.25) is 11.9 Å². The van der Waals surface area contributed by atoms with Crippen molar-refractivity contribution in [2.75, 3.05) is 36.5 Å². The summed E-state index contributed by atoms with van der Waals surface area (Å²) in [5.74, 6) is 1.07. The van der Waals surface area contributed by atoms with Crippen molar-refractivity contribution in [2.24, 2.45) is 0 Å². The largest absolute Gasteiger partial charge is 0.463 e. The van der Waals surface area contributed by atoms with Gasteiger partial charge in [-0.2, -0.15) is 20.2 Å². The van der Waals surface area contributed by atoms with Crippen molar-refractivity contribution in [3.63, 3.8) is 0 Å². The van der Waals surface area contributed by atoms with Crippen LogP contribution in [0.25, 0.3) is 0 Å². The summed E-state index contributed by atoms with van der Waals surface area (Å²) in [5.41, 5.74) is 0. The number of hydrogen-bond acceptors (Lipinski definition) is 7. The highest BCUT2D eigenvalue weighted by Gasteiger charge is 2.12. The van der Waals surface area contributed by atoms with Crippen LogP contribution in [-0.2, 0) is 0 Å². The lowest BCUT2D eigenvalue weighted by molar-refractivity contribution is 0.292. The first-order valence-electron chi connectivity index (χ1n) is 7.49. The van der Waals surface area contributed by atoms with Gasteiger partial charge in [-0.15, -0.1) is 0 Å². The quantitative estimate of drug-likeness (QED) is 0.707. The fourth-order valence-electron chi connectivity index (χ4n) is 1.65. The molecule has 7 nitrogen and oxygen atoms in total. The van der Waals surface area contributed by atoms with Crippen LogP contribution in [0, 0.1) is 11.3 Å². The van der Waals surface area contributed by atoms with Crippen LogP contribution >= 0.6 is 0 Å². The van der Waals surface area contributed by atoms with Gasteiger partial charge in [0.25, 0.3) is 0 Å². The Kier molecular flexibility index (Phi) is 7.87. The van der Waals surface area contributed by atoms with Gasteiger partial charge < -0.3 is 15.0 Å². The Hall–Kier alpha value is -2.10. The van der Waals surface area contributed by atoms with Crippen molar-refractivity contribution in [3.05, 3.63) is 0 Å². The summed E-state index contributed by atoms with van der Waals surface area (Å²) < 4.78 is 5.52. The van der Waals surface area contributed by atoms with E-state index in [1.807, 2.05) is 18.7 Å². The molecule has 0 fully saturated rings. The zero-order chi connectivity index (χ0) is 15.5. The Morgan fingerprint density at radius 1 is 1.19 bits per heavy atom. The van der Waals surface area contributed by atoms with E-state index in [0.29, 0.717) is 37.5 Å². The van der Waals surface area contributed by atoms with Crippen molar-refractivity contribution < 1.29 is 4.74 Å². The van der Waals surface area contributed by atoms with Crippen LogP contribution in [0.1, 0.15) is 40.0 Å². The third kappa shape index (κ3) is 5.81. The number of hydrogen-bond donors (Lipinski definition) is 1. The summed E-state index contributed by atoms with van der Waals surface area (Å²) in [4.78, 5) is 14.9. The monoisotopic (exact) mass is 292 g/mol. The van der Waals surface area contributed by atoms with Gasteiger partial charge in [0.05, 0.1) is 19.1 Å². The van der Waals surface area contributed by atoms with E-state index in [2.05, 4.69) is 33.3 Å². The van der Waals surface area contributed by atoms with Crippen molar-refractivity contribution in [3.8, 4) is 12.1 Å². The van der Waals surface area contributed by atoms with Gasteiger partial charge in [-0.05, 0) is 19.8 Å². The number of ether oxygens (including phenoxy) is 1. The van der Waals surface area contributed by atoms with Crippen molar-refractivity contribution in [1.29, 1.82) is 5.26 Å². The summed E-state index contributed by atoms with van der Waals surface area (Å²) >= 11 is 0. The van der Waals surface area contributed by atoms with Gasteiger partial charge in [-0.25, -0.2) is 0 Å². The maximum Gasteiger partial charge on any atom is 0.323 e. The first kappa shape index (κ1) is 17.0. The van der Waals surface area contributed by atoms with E-state index in [0.717, 1.165) is 25.9 Å². The molecular formula is C14H24N6O. The zero-order valence-electron chi connectivity index (χ0n) is 13.1. The van der Waals surface area contributed by atoms with Gasteiger partial charge in [0.15, 0.2) is 0 Å². The molecule has 1 N–H and O–H groups in total. The molecule has 0 aromatic carbocycles. The van der Waals surface area contributed by atoms with Crippen molar-refractivity contribution >= 4 is 11.9 Å². The van der Waals surface area contributed by atoms with Gasteiger partial charge >= 0.3 is 6.01 Å². The van der Waals surface area contributed by atoms with Crippen molar-refractivity contribution in [2.45, 2.75) is 40.0 Å². The van der Waals surface area contributed by atoms with Crippen LogP contribution in [0.5, 0.6) is 6.01 Å². The third-order valence-electron chi connectivity index (χ3n) is 2.73. The van der Waals surface area contributed by atoms with E-state index in [-0.39, 0.29) is 0 Å². The summed E-state index contributed by atoms with van der Waals surface area (Å²) in [6.45, 7) is 8.80. The summed E-state index contributed by atoms with van der Waals surface area (Å²) in [5, 5.41) is 11.9. The molecule has 0 atom stereocenters. The Bertz CT molecular complexity index is 433. The molecule has 1 aromatic heterocycles. The topological polar surface area (TPSA) is 87.0 Å². The molecule has 0 spiro atoms. The lowest BCUT2D eigenvalue weighted by atomic mass is 10.4. The molecule has 1 rings (SSSR count). The van der Waals surface area contributed by atoms with E-state index >= 15 is 0 Å². The number of rotatable bonds is 10. The van der Waals surface area contributed by atoms with Crippen LogP contribution in [0.2, 0.25) is 0 Å². The van der Waals surface area contributed by atoms with E-state index in [4.69, 9.17) is 10.00 Å². The molecule has 0 unspecified atom stereocenters. The molecule has 7 heteroatoms. The van der Waals surface area contributed by atoms with Crippen LogP contribution in [0.3, 0.4) is 0 Å². The minimum atomic E-state index is 0.330. The molecule has 0 bridgehead atoms.